The van der Waals surface area contributed by atoms with Gasteiger partial charge < -0.3 is 5.73 Å². The molecule has 4 heteroatoms. The Bertz CT molecular complexity index is 322. The van der Waals surface area contributed by atoms with Crippen molar-refractivity contribution in [2.75, 3.05) is 0 Å². The van der Waals surface area contributed by atoms with E-state index in [9.17, 15) is 0 Å². The van der Waals surface area contributed by atoms with E-state index >= 15 is 0 Å². The van der Waals surface area contributed by atoms with Crippen LogP contribution in [0.1, 0.15) is 11.6 Å². The van der Waals surface area contributed by atoms with Gasteiger partial charge in [-0.25, -0.2) is 9.67 Å². The fourth-order valence-corrected chi connectivity index (χ4v) is 0.862. The normalized spacial score (nSPS) is 11.7. The largest absolute Gasteiger partial charge is 0.399 e. The van der Waals surface area contributed by atoms with Gasteiger partial charge in [0.05, 0.1) is 0 Å². The molecule has 0 saturated heterocycles. The third kappa shape index (κ3) is 1.72. The van der Waals surface area contributed by atoms with Crippen molar-refractivity contribution in [3.8, 4) is 0 Å². The Morgan fingerprint density at radius 1 is 1.67 bits per heavy atom. The van der Waals surface area contributed by atoms with Gasteiger partial charge >= 0.3 is 0 Å². The van der Waals surface area contributed by atoms with E-state index in [4.69, 9.17) is 5.73 Å². The second-order valence-corrected chi connectivity index (χ2v) is 2.49. The molecule has 1 aromatic heterocycles. The first kappa shape index (κ1) is 8.52. The molecule has 1 rings (SSSR count). The quantitative estimate of drug-likeness (QED) is 0.651. The van der Waals surface area contributed by atoms with Crippen LogP contribution in [0.15, 0.2) is 18.4 Å². The average Bonchev–Trinajstić information content (AvgIpc) is 2.30. The number of nitrogens with zero attached hydrogens (tertiary/aromatic N) is 3. The molecule has 0 atom stereocenters. The lowest BCUT2D eigenvalue weighted by Gasteiger charge is -1.92. The van der Waals surface area contributed by atoms with E-state index in [0.29, 0.717) is 5.70 Å². The molecule has 1 aromatic rings. The zero-order chi connectivity index (χ0) is 9.14. The van der Waals surface area contributed by atoms with Crippen molar-refractivity contribution in [2.45, 2.75) is 6.92 Å². The molecule has 4 nitrogen and oxygen atoms in total. The van der Waals surface area contributed by atoms with Gasteiger partial charge in [-0.1, -0.05) is 6.58 Å². The Balaban J connectivity index is 3.03. The predicted octanol–water partition coefficient (Wildman–Crippen LogP) is 0.609. The number of aryl methyl sites for hydroxylation is 2. The molecular formula is C8H12N4. The first-order valence-electron chi connectivity index (χ1n) is 3.60. The summed E-state index contributed by atoms with van der Waals surface area (Å²) in [5.74, 6) is 1.48. The Morgan fingerprint density at radius 3 is 2.75 bits per heavy atom. The first-order valence-corrected chi connectivity index (χ1v) is 3.60. The highest BCUT2D eigenvalue weighted by Crippen LogP contribution is 2.00. The Labute approximate surface area is 71.4 Å². The molecule has 0 bridgehead atoms. The van der Waals surface area contributed by atoms with Crippen LogP contribution in [0.4, 0.5) is 0 Å². The number of allylic oxidation sites excluding steroid dienone is 1. The Morgan fingerprint density at radius 2 is 2.33 bits per heavy atom. The second kappa shape index (κ2) is 3.21. The molecule has 0 saturated carbocycles. The van der Waals surface area contributed by atoms with Crippen LogP contribution in [0.25, 0.3) is 6.08 Å². The number of rotatable bonds is 2. The Hall–Kier alpha value is -1.58. The van der Waals surface area contributed by atoms with Crippen molar-refractivity contribution in [1.82, 2.24) is 14.8 Å². The Kier molecular flexibility index (Phi) is 2.28. The van der Waals surface area contributed by atoms with Crippen molar-refractivity contribution in [2.24, 2.45) is 12.8 Å². The van der Waals surface area contributed by atoms with Crippen LogP contribution in [-0.4, -0.2) is 14.8 Å². The zero-order valence-electron chi connectivity index (χ0n) is 7.28. The first-order chi connectivity index (χ1) is 5.63. The van der Waals surface area contributed by atoms with Gasteiger partial charge in [0.25, 0.3) is 0 Å². The zero-order valence-corrected chi connectivity index (χ0v) is 7.28. The van der Waals surface area contributed by atoms with E-state index < -0.39 is 0 Å². The molecule has 0 radical (unpaired) electrons. The predicted molar refractivity (Wildman–Crippen MR) is 48.1 cm³/mol. The van der Waals surface area contributed by atoms with Crippen molar-refractivity contribution in [3.63, 3.8) is 0 Å². The molecule has 0 aromatic carbocycles. The summed E-state index contributed by atoms with van der Waals surface area (Å²) < 4.78 is 1.67. The van der Waals surface area contributed by atoms with Gasteiger partial charge in [-0.2, -0.15) is 5.10 Å². The molecule has 0 spiro atoms. The SMILES string of the molecule is C=C/C(N)=C\c1nc(C)nn1C. The highest BCUT2D eigenvalue weighted by Gasteiger charge is 1.99. The molecule has 0 unspecified atom stereocenters. The van der Waals surface area contributed by atoms with Gasteiger partial charge in [-0.05, 0) is 13.0 Å². The summed E-state index contributed by atoms with van der Waals surface area (Å²) >= 11 is 0. The molecule has 0 aliphatic rings. The highest BCUT2D eigenvalue weighted by atomic mass is 15.3. The van der Waals surface area contributed by atoms with Crippen LogP contribution in [0.3, 0.4) is 0 Å². The van der Waals surface area contributed by atoms with Gasteiger partial charge in [-0.3, -0.25) is 0 Å². The van der Waals surface area contributed by atoms with Gasteiger partial charge in [-0.15, -0.1) is 0 Å². The van der Waals surface area contributed by atoms with Crippen LogP contribution in [0.2, 0.25) is 0 Å². The number of hydrogen-bond acceptors (Lipinski definition) is 3. The van der Waals surface area contributed by atoms with E-state index in [-0.39, 0.29) is 0 Å². The smallest absolute Gasteiger partial charge is 0.152 e. The molecule has 2 N–H and O–H groups in total. The van der Waals surface area contributed by atoms with Crippen molar-refractivity contribution >= 4 is 6.08 Å². The topological polar surface area (TPSA) is 56.7 Å². The van der Waals surface area contributed by atoms with Crippen LogP contribution >= 0.6 is 0 Å². The van der Waals surface area contributed by atoms with E-state index in [1.807, 2.05) is 14.0 Å². The lowest BCUT2D eigenvalue weighted by Crippen LogP contribution is -1.97. The lowest BCUT2D eigenvalue weighted by atomic mass is 10.4. The summed E-state index contributed by atoms with van der Waals surface area (Å²) in [7, 11) is 1.82. The van der Waals surface area contributed by atoms with E-state index in [1.54, 1.807) is 16.8 Å². The number of aromatic nitrogens is 3. The van der Waals surface area contributed by atoms with E-state index in [2.05, 4.69) is 16.7 Å². The fraction of sp³-hybridized carbons (Fsp3) is 0.250. The van der Waals surface area contributed by atoms with Crippen LogP contribution in [0, 0.1) is 6.92 Å². The third-order valence-electron chi connectivity index (χ3n) is 1.43. The van der Waals surface area contributed by atoms with Gasteiger partial charge in [0.15, 0.2) is 5.82 Å². The van der Waals surface area contributed by atoms with Crippen LogP contribution in [0.5, 0.6) is 0 Å². The molecule has 0 fully saturated rings. The summed E-state index contributed by atoms with van der Waals surface area (Å²) in [4.78, 5) is 4.15. The van der Waals surface area contributed by atoms with Crippen molar-refractivity contribution in [3.05, 3.63) is 30.0 Å². The second-order valence-electron chi connectivity index (χ2n) is 2.49. The fourth-order valence-electron chi connectivity index (χ4n) is 0.862. The molecule has 0 amide bonds. The highest BCUT2D eigenvalue weighted by molar-refractivity contribution is 5.47. The molecular weight excluding hydrogens is 152 g/mol. The maximum atomic E-state index is 5.55. The number of hydrogen-bond donors (Lipinski definition) is 1. The van der Waals surface area contributed by atoms with E-state index in [0.717, 1.165) is 11.6 Å². The summed E-state index contributed by atoms with van der Waals surface area (Å²) in [5, 5.41) is 4.07. The third-order valence-corrected chi connectivity index (χ3v) is 1.43. The molecule has 0 aliphatic heterocycles. The maximum absolute atomic E-state index is 5.55. The van der Waals surface area contributed by atoms with Crippen molar-refractivity contribution in [1.29, 1.82) is 0 Å². The summed E-state index contributed by atoms with van der Waals surface area (Å²) in [6.45, 7) is 5.38. The monoisotopic (exact) mass is 164 g/mol. The minimum Gasteiger partial charge on any atom is -0.399 e. The summed E-state index contributed by atoms with van der Waals surface area (Å²) in [5.41, 5.74) is 6.13. The standard InChI is InChI=1S/C8H12N4/c1-4-7(9)5-8-10-6(2)11-12(8)3/h4-5H,1,9H2,2-3H3/b7-5+. The van der Waals surface area contributed by atoms with Crippen molar-refractivity contribution < 1.29 is 0 Å². The van der Waals surface area contributed by atoms with E-state index in [1.165, 1.54) is 0 Å². The van der Waals surface area contributed by atoms with Crippen LogP contribution in [-0.2, 0) is 7.05 Å². The summed E-state index contributed by atoms with van der Waals surface area (Å²) in [6.07, 6.45) is 3.30. The van der Waals surface area contributed by atoms with Gasteiger partial charge in [0, 0.05) is 18.8 Å². The minimum atomic E-state index is 0.588. The van der Waals surface area contributed by atoms with Crippen LogP contribution < -0.4 is 5.73 Å². The van der Waals surface area contributed by atoms with Gasteiger partial charge in [0.2, 0.25) is 0 Å². The molecule has 12 heavy (non-hydrogen) atoms. The minimum absolute atomic E-state index is 0.588. The summed E-state index contributed by atoms with van der Waals surface area (Å²) in [6, 6.07) is 0. The maximum Gasteiger partial charge on any atom is 0.152 e. The average molecular weight is 164 g/mol. The lowest BCUT2D eigenvalue weighted by molar-refractivity contribution is 0.747. The van der Waals surface area contributed by atoms with Gasteiger partial charge in [0.1, 0.15) is 5.82 Å². The molecule has 0 aliphatic carbocycles. The number of nitrogens with two attached hydrogens (primary N) is 1. The molecule has 1 heterocycles. The molecule has 64 valence electrons.